The number of likely N-dealkylation sites (tertiary alicyclic amines) is 1. The van der Waals surface area contributed by atoms with Crippen molar-refractivity contribution in [1.82, 2.24) is 10.2 Å². The van der Waals surface area contributed by atoms with Gasteiger partial charge in [-0.1, -0.05) is 12.1 Å². The Kier molecular flexibility index (Phi) is 4.47. The molecule has 2 aliphatic carbocycles. The van der Waals surface area contributed by atoms with Crippen molar-refractivity contribution in [3.63, 3.8) is 0 Å². The molecule has 1 heterocycles. The number of benzene rings is 1. The molecule has 5 nitrogen and oxygen atoms in total. The minimum atomic E-state index is -0.0878. The van der Waals surface area contributed by atoms with Crippen LogP contribution in [0.3, 0.4) is 0 Å². The Morgan fingerprint density at radius 3 is 2.96 bits per heavy atom. The first-order valence-electron chi connectivity index (χ1n) is 9.54. The van der Waals surface area contributed by atoms with Crippen LogP contribution in [0.15, 0.2) is 36.0 Å². The van der Waals surface area contributed by atoms with E-state index in [4.69, 9.17) is 4.74 Å². The van der Waals surface area contributed by atoms with Crippen LogP contribution in [0.1, 0.15) is 48.9 Å². The first-order chi connectivity index (χ1) is 12.6. The maximum Gasteiger partial charge on any atom is 0.251 e. The van der Waals surface area contributed by atoms with Crippen LogP contribution < -0.4 is 10.1 Å². The van der Waals surface area contributed by atoms with E-state index in [1.54, 1.807) is 19.2 Å². The van der Waals surface area contributed by atoms with Crippen LogP contribution in [0, 0.1) is 11.3 Å². The van der Waals surface area contributed by atoms with E-state index in [0.29, 0.717) is 30.2 Å². The van der Waals surface area contributed by atoms with Crippen LogP contribution in [0.25, 0.3) is 0 Å². The van der Waals surface area contributed by atoms with E-state index in [1.807, 2.05) is 17.0 Å². The third-order valence-corrected chi connectivity index (χ3v) is 5.97. The van der Waals surface area contributed by atoms with Gasteiger partial charge in [-0.25, -0.2) is 0 Å². The summed E-state index contributed by atoms with van der Waals surface area (Å²) >= 11 is 0. The number of methoxy groups -OCH3 is 1. The molecule has 1 atom stereocenters. The number of carbonyl (C=O) groups is 2. The number of allylic oxidation sites excluding steroid dienone is 1. The summed E-state index contributed by atoms with van der Waals surface area (Å²) in [6.07, 6.45) is 8.09. The van der Waals surface area contributed by atoms with Crippen LogP contribution in [-0.4, -0.2) is 36.9 Å². The lowest BCUT2D eigenvalue weighted by molar-refractivity contribution is -0.133. The molecular weight excluding hydrogens is 328 g/mol. The summed E-state index contributed by atoms with van der Waals surface area (Å²) in [5.74, 6) is 1.51. The molecule has 1 saturated heterocycles. The second-order valence-corrected chi connectivity index (χ2v) is 7.77. The van der Waals surface area contributed by atoms with E-state index in [-0.39, 0.29) is 17.2 Å². The highest BCUT2D eigenvalue weighted by Gasteiger charge is 2.46. The standard InChI is InChI=1S/C21H26N2O3/c1-26-17-5-2-4-16(12-17)20(25)22-14-21-10-3-6-18(21)23(13-15-7-8-15)19(24)9-11-21/h2,4-6,12,15H,3,7-11,13-14H2,1H3,(H,22,25). The average molecular weight is 354 g/mol. The van der Waals surface area contributed by atoms with E-state index >= 15 is 0 Å². The summed E-state index contributed by atoms with van der Waals surface area (Å²) in [5.41, 5.74) is 1.68. The molecule has 138 valence electrons. The van der Waals surface area contributed by atoms with Gasteiger partial charge in [-0.3, -0.25) is 9.59 Å². The van der Waals surface area contributed by atoms with E-state index < -0.39 is 0 Å². The van der Waals surface area contributed by atoms with Crippen molar-refractivity contribution in [2.45, 2.75) is 38.5 Å². The lowest BCUT2D eigenvalue weighted by Crippen LogP contribution is -2.48. The SMILES string of the molecule is COc1cccc(C(=O)NCC23CCC=C2N(CC2CC2)C(=O)CC3)c1. The maximum absolute atomic E-state index is 12.6. The van der Waals surface area contributed by atoms with Gasteiger partial charge in [0.25, 0.3) is 5.91 Å². The number of ether oxygens (including phenoxy) is 1. The normalized spacial score (nSPS) is 24.9. The van der Waals surface area contributed by atoms with Gasteiger partial charge in [0.05, 0.1) is 7.11 Å². The number of carbonyl (C=O) groups excluding carboxylic acids is 2. The van der Waals surface area contributed by atoms with Crippen LogP contribution in [0.5, 0.6) is 5.75 Å². The first-order valence-corrected chi connectivity index (χ1v) is 9.54. The summed E-state index contributed by atoms with van der Waals surface area (Å²) < 4.78 is 5.20. The zero-order chi connectivity index (χ0) is 18.1. The van der Waals surface area contributed by atoms with Gasteiger partial charge in [-0.15, -0.1) is 0 Å². The molecule has 1 aromatic rings. The number of hydrogen-bond donors (Lipinski definition) is 1. The Labute approximate surface area is 154 Å². The number of piperidine rings is 1. The average Bonchev–Trinajstić information content (AvgIpc) is 3.39. The Morgan fingerprint density at radius 1 is 1.35 bits per heavy atom. The summed E-state index contributed by atoms with van der Waals surface area (Å²) in [6.45, 7) is 1.44. The van der Waals surface area contributed by atoms with Crippen molar-refractivity contribution in [3.8, 4) is 5.75 Å². The van der Waals surface area contributed by atoms with Gasteiger partial charge in [-0.05, 0) is 56.2 Å². The molecule has 1 aliphatic heterocycles. The second kappa shape index (κ2) is 6.78. The molecule has 0 spiro atoms. The van der Waals surface area contributed by atoms with Gasteiger partial charge in [0, 0.05) is 36.2 Å². The van der Waals surface area contributed by atoms with E-state index in [2.05, 4.69) is 11.4 Å². The summed E-state index contributed by atoms with van der Waals surface area (Å²) in [4.78, 5) is 27.1. The fourth-order valence-electron chi connectivity index (χ4n) is 4.24. The highest BCUT2D eigenvalue weighted by Crippen LogP contribution is 2.48. The number of hydrogen-bond acceptors (Lipinski definition) is 3. The molecule has 1 N–H and O–H groups in total. The van der Waals surface area contributed by atoms with Crippen molar-refractivity contribution in [1.29, 1.82) is 0 Å². The molecule has 26 heavy (non-hydrogen) atoms. The molecule has 3 aliphatic rings. The minimum Gasteiger partial charge on any atom is -0.497 e. The molecular formula is C21H26N2O3. The molecule has 1 saturated carbocycles. The Bertz CT molecular complexity index is 753. The quantitative estimate of drug-likeness (QED) is 0.854. The summed E-state index contributed by atoms with van der Waals surface area (Å²) in [6, 6.07) is 7.20. The van der Waals surface area contributed by atoms with Gasteiger partial charge in [0.1, 0.15) is 5.75 Å². The molecule has 0 radical (unpaired) electrons. The Morgan fingerprint density at radius 2 is 2.19 bits per heavy atom. The van der Waals surface area contributed by atoms with Gasteiger partial charge >= 0.3 is 0 Å². The molecule has 0 bridgehead atoms. The number of rotatable bonds is 6. The summed E-state index contributed by atoms with van der Waals surface area (Å²) in [7, 11) is 1.60. The molecule has 1 aromatic carbocycles. The monoisotopic (exact) mass is 354 g/mol. The Hall–Kier alpha value is -2.30. The predicted molar refractivity (Wildman–Crippen MR) is 98.7 cm³/mol. The van der Waals surface area contributed by atoms with E-state index in [1.165, 1.54) is 12.8 Å². The van der Waals surface area contributed by atoms with Crippen molar-refractivity contribution in [2.75, 3.05) is 20.2 Å². The molecule has 4 rings (SSSR count). The lowest BCUT2D eigenvalue weighted by Gasteiger charge is -2.42. The molecule has 2 amide bonds. The van der Waals surface area contributed by atoms with Crippen molar-refractivity contribution < 1.29 is 14.3 Å². The zero-order valence-electron chi connectivity index (χ0n) is 15.3. The van der Waals surface area contributed by atoms with Crippen molar-refractivity contribution in [2.24, 2.45) is 11.3 Å². The van der Waals surface area contributed by atoms with Crippen LogP contribution >= 0.6 is 0 Å². The zero-order valence-corrected chi connectivity index (χ0v) is 15.3. The largest absolute Gasteiger partial charge is 0.497 e. The van der Waals surface area contributed by atoms with E-state index in [9.17, 15) is 9.59 Å². The van der Waals surface area contributed by atoms with Crippen molar-refractivity contribution in [3.05, 3.63) is 41.6 Å². The van der Waals surface area contributed by atoms with E-state index in [0.717, 1.165) is 31.5 Å². The molecule has 5 heteroatoms. The van der Waals surface area contributed by atoms with Crippen LogP contribution in [0.4, 0.5) is 0 Å². The second-order valence-electron chi connectivity index (χ2n) is 7.77. The number of nitrogens with one attached hydrogen (secondary N) is 1. The maximum atomic E-state index is 12.6. The van der Waals surface area contributed by atoms with Gasteiger partial charge in [-0.2, -0.15) is 0 Å². The fraction of sp³-hybridized carbons (Fsp3) is 0.524. The highest BCUT2D eigenvalue weighted by atomic mass is 16.5. The van der Waals surface area contributed by atoms with Crippen molar-refractivity contribution >= 4 is 11.8 Å². The fourth-order valence-corrected chi connectivity index (χ4v) is 4.24. The number of amides is 2. The predicted octanol–water partition coefficient (Wildman–Crippen LogP) is 3.12. The third kappa shape index (κ3) is 3.22. The number of nitrogens with zero attached hydrogens (tertiary/aromatic N) is 1. The minimum absolute atomic E-state index is 0.0860. The van der Waals surface area contributed by atoms with Crippen LogP contribution in [0.2, 0.25) is 0 Å². The topological polar surface area (TPSA) is 58.6 Å². The molecule has 1 unspecified atom stereocenters. The lowest BCUT2D eigenvalue weighted by atomic mass is 9.76. The molecule has 2 fully saturated rings. The molecule has 0 aromatic heterocycles. The smallest absolute Gasteiger partial charge is 0.251 e. The van der Waals surface area contributed by atoms with Gasteiger partial charge < -0.3 is 15.0 Å². The van der Waals surface area contributed by atoms with Crippen LogP contribution in [-0.2, 0) is 4.79 Å². The first kappa shape index (κ1) is 17.1. The highest BCUT2D eigenvalue weighted by molar-refractivity contribution is 5.94. The third-order valence-electron chi connectivity index (χ3n) is 5.97. The van der Waals surface area contributed by atoms with Gasteiger partial charge in [0.2, 0.25) is 5.91 Å². The Balaban J connectivity index is 1.47. The van der Waals surface area contributed by atoms with Gasteiger partial charge in [0.15, 0.2) is 0 Å². The summed E-state index contributed by atoms with van der Waals surface area (Å²) in [5, 5.41) is 3.11. The number of fused-ring (bicyclic) bond motifs is 1.